The van der Waals surface area contributed by atoms with Crippen LogP contribution in [-0.2, 0) is 0 Å². The highest BCUT2D eigenvalue weighted by molar-refractivity contribution is 4.80. The van der Waals surface area contributed by atoms with Gasteiger partial charge in [0, 0.05) is 18.6 Å². The van der Waals surface area contributed by atoms with Crippen molar-refractivity contribution >= 4 is 0 Å². The number of nitrogens with zero attached hydrogens (tertiary/aromatic N) is 1. The maximum atomic E-state index is 3.78. The molecule has 0 radical (unpaired) electrons. The Balaban J connectivity index is 1.76. The minimum Gasteiger partial charge on any atom is -0.311 e. The Hall–Kier alpha value is -0.0800. The Morgan fingerprint density at radius 1 is 0.850 bits per heavy atom. The average Bonchev–Trinajstić information content (AvgIpc) is 2.47. The van der Waals surface area contributed by atoms with Gasteiger partial charge in [-0.05, 0) is 64.0 Å². The normalized spacial score (nSPS) is 37.4. The van der Waals surface area contributed by atoms with Gasteiger partial charge in [0.2, 0.25) is 0 Å². The topological polar surface area (TPSA) is 15.3 Å². The molecular formula is C18H36N2. The van der Waals surface area contributed by atoms with E-state index in [1.54, 1.807) is 0 Å². The number of hydrogen-bond donors (Lipinski definition) is 1. The van der Waals surface area contributed by atoms with Crippen molar-refractivity contribution in [1.82, 2.24) is 10.2 Å². The zero-order valence-electron chi connectivity index (χ0n) is 14.0. The van der Waals surface area contributed by atoms with Crippen molar-refractivity contribution in [3.8, 4) is 0 Å². The van der Waals surface area contributed by atoms with Crippen molar-refractivity contribution in [2.24, 2.45) is 11.8 Å². The van der Waals surface area contributed by atoms with E-state index in [0.717, 1.165) is 17.9 Å². The summed E-state index contributed by atoms with van der Waals surface area (Å²) < 4.78 is 0. The molecule has 0 spiro atoms. The van der Waals surface area contributed by atoms with Crippen molar-refractivity contribution < 1.29 is 0 Å². The van der Waals surface area contributed by atoms with E-state index in [4.69, 9.17) is 0 Å². The third kappa shape index (κ3) is 5.04. The van der Waals surface area contributed by atoms with Gasteiger partial charge in [0.15, 0.2) is 0 Å². The van der Waals surface area contributed by atoms with Crippen LogP contribution in [0.15, 0.2) is 0 Å². The molecule has 0 aromatic rings. The average molecular weight is 281 g/mol. The van der Waals surface area contributed by atoms with Gasteiger partial charge in [0.1, 0.15) is 0 Å². The molecule has 2 rings (SSSR count). The maximum absolute atomic E-state index is 3.78. The molecule has 2 nitrogen and oxygen atoms in total. The zero-order chi connectivity index (χ0) is 14.4. The van der Waals surface area contributed by atoms with Crippen LogP contribution in [0.4, 0.5) is 0 Å². The monoisotopic (exact) mass is 280 g/mol. The smallest absolute Gasteiger partial charge is 0.00790 e. The first kappa shape index (κ1) is 16.3. The molecule has 1 saturated heterocycles. The summed E-state index contributed by atoms with van der Waals surface area (Å²) in [5.74, 6) is 2.02. The standard InChI is InChI=1S/C18H36N2/c1-4-16-6-8-17(9-7-16)14-20-12-10-15(3)19-18(5-2)11-13-20/h15-19H,4-14H2,1-3H3. The lowest BCUT2D eigenvalue weighted by atomic mass is 9.80. The Bertz CT molecular complexity index is 258. The third-order valence-corrected chi connectivity index (χ3v) is 5.75. The summed E-state index contributed by atoms with van der Waals surface area (Å²) in [7, 11) is 0. The van der Waals surface area contributed by atoms with E-state index in [1.807, 2.05) is 0 Å². The molecule has 2 unspecified atom stereocenters. The quantitative estimate of drug-likeness (QED) is 0.835. The van der Waals surface area contributed by atoms with Crippen LogP contribution in [0.5, 0.6) is 0 Å². The lowest BCUT2D eigenvalue weighted by Gasteiger charge is -2.36. The minimum absolute atomic E-state index is 0.693. The fourth-order valence-electron chi connectivity index (χ4n) is 4.09. The van der Waals surface area contributed by atoms with Gasteiger partial charge in [0.25, 0.3) is 0 Å². The number of rotatable bonds is 4. The molecule has 2 atom stereocenters. The molecule has 0 amide bonds. The van der Waals surface area contributed by atoms with Crippen LogP contribution in [0.1, 0.15) is 72.1 Å². The van der Waals surface area contributed by atoms with E-state index in [2.05, 4.69) is 31.0 Å². The molecule has 1 saturated carbocycles. The van der Waals surface area contributed by atoms with E-state index in [9.17, 15) is 0 Å². The highest BCUT2D eigenvalue weighted by Gasteiger charge is 2.23. The van der Waals surface area contributed by atoms with Crippen LogP contribution >= 0.6 is 0 Å². The SMILES string of the molecule is CCC1CCC(CN2CCC(C)NC(CC)CC2)CC1. The molecule has 1 aliphatic carbocycles. The van der Waals surface area contributed by atoms with Gasteiger partial charge >= 0.3 is 0 Å². The van der Waals surface area contributed by atoms with E-state index in [-0.39, 0.29) is 0 Å². The van der Waals surface area contributed by atoms with Crippen LogP contribution in [-0.4, -0.2) is 36.6 Å². The molecule has 2 heteroatoms. The Morgan fingerprint density at radius 2 is 1.50 bits per heavy atom. The molecule has 2 fully saturated rings. The molecule has 0 bridgehead atoms. The molecular weight excluding hydrogens is 244 g/mol. The zero-order valence-corrected chi connectivity index (χ0v) is 14.0. The summed E-state index contributed by atoms with van der Waals surface area (Å²) in [4.78, 5) is 2.77. The molecule has 1 N–H and O–H groups in total. The molecule has 2 aliphatic rings. The number of hydrogen-bond acceptors (Lipinski definition) is 2. The van der Waals surface area contributed by atoms with Crippen LogP contribution in [0, 0.1) is 11.8 Å². The van der Waals surface area contributed by atoms with Crippen molar-refractivity contribution in [1.29, 1.82) is 0 Å². The summed E-state index contributed by atoms with van der Waals surface area (Å²) in [5, 5.41) is 3.78. The molecule has 118 valence electrons. The summed E-state index contributed by atoms with van der Waals surface area (Å²) in [5.41, 5.74) is 0. The van der Waals surface area contributed by atoms with Crippen molar-refractivity contribution in [2.75, 3.05) is 19.6 Å². The first-order valence-electron chi connectivity index (χ1n) is 9.19. The van der Waals surface area contributed by atoms with Crippen molar-refractivity contribution in [3.05, 3.63) is 0 Å². The lowest BCUT2D eigenvalue weighted by Crippen LogP contribution is -2.45. The molecule has 0 aromatic carbocycles. The Kier molecular flexibility index (Phi) is 6.83. The van der Waals surface area contributed by atoms with E-state index in [0.29, 0.717) is 6.04 Å². The Labute approximate surface area is 126 Å². The van der Waals surface area contributed by atoms with E-state index < -0.39 is 0 Å². The van der Waals surface area contributed by atoms with Gasteiger partial charge in [-0.25, -0.2) is 0 Å². The first-order valence-corrected chi connectivity index (χ1v) is 9.19. The van der Waals surface area contributed by atoms with Crippen LogP contribution in [0.2, 0.25) is 0 Å². The summed E-state index contributed by atoms with van der Waals surface area (Å²) >= 11 is 0. The maximum Gasteiger partial charge on any atom is 0.00790 e. The van der Waals surface area contributed by atoms with Crippen LogP contribution < -0.4 is 5.32 Å². The second kappa shape index (κ2) is 8.38. The molecule has 1 heterocycles. The van der Waals surface area contributed by atoms with Crippen molar-refractivity contribution in [3.63, 3.8) is 0 Å². The Morgan fingerprint density at radius 3 is 2.15 bits per heavy atom. The van der Waals surface area contributed by atoms with Gasteiger partial charge in [-0.3, -0.25) is 0 Å². The number of nitrogens with one attached hydrogen (secondary N) is 1. The third-order valence-electron chi connectivity index (χ3n) is 5.75. The lowest BCUT2D eigenvalue weighted by molar-refractivity contribution is 0.155. The second-order valence-corrected chi connectivity index (χ2v) is 7.35. The van der Waals surface area contributed by atoms with Gasteiger partial charge in [-0.2, -0.15) is 0 Å². The van der Waals surface area contributed by atoms with Gasteiger partial charge in [-0.15, -0.1) is 0 Å². The predicted molar refractivity (Wildman–Crippen MR) is 88.1 cm³/mol. The van der Waals surface area contributed by atoms with E-state index >= 15 is 0 Å². The van der Waals surface area contributed by atoms with Crippen molar-refractivity contribution in [2.45, 2.75) is 84.2 Å². The molecule has 1 aliphatic heterocycles. The van der Waals surface area contributed by atoms with E-state index in [1.165, 1.54) is 71.0 Å². The van der Waals surface area contributed by atoms with Gasteiger partial charge in [-0.1, -0.05) is 33.1 Å². The highest BCUT2D eigenvalue weighted by Crippen LogP contribution is 2.31. The molecule has 20 heavy (non-hydrogen) atoms. The van der Waals surface area contributed by atoms with Crippen LogP contribution in [0.25, 0.3) is 0 Å². The first-order chi connectivity index (χ1) is 9.71. The second-order valence-electron chi connectivity index (χ2n) is 7.35. The summed E-state index contributed by atoms with van der Waals surface area (Å²) in [6.07, 6.45) is 11.3. The summed E-state index contributed by atoms with van der Waals surface area (Å²) in [6.45, 7) is 11.0. The summed E-state index contributed by atoms with van der Waals surface area (Å²) in [6, 6.07) is 1.43. The highest BCUT2D eigenvalue weighted by atomic mass is 15.1. The molecule has 0 aromatic heterocycles. The predicted octanol–water partition coefficient (Wildman–Crippen LogP) is 4.06. The van der Waals surface area contributed by atoms with Gasteiger partial charge < -0.3 is 10.2 Å². The van der Waals surface area contributed by atoms with Gasteiger partial charge in [0.05, 0.1) is 0 Å². The van der Waals surface area contributed by atoms with Crippen LogP contribution in [0.3, 0.4) is 0 Å². The minimum atomic E-state index is 0.693. The fraction of sp³-hybridized carbons (Fsp3) is 1.00. The largest absolute Gasteiger partial charge is 0.311 e. The fourth-order valence-corrected chi connectivity index (χ4v) is 4.09.